The Kier molecular flexibility index (Phi) is 3.92. The van der Waals surface area contributed by atoms with Crippen molar-refractivity contribution >= 4 is 23.2 Å². The smallest absolute Gasteiger partial charge is 0.254 e. The Morgan fingerprint density at radius 3 is 2.83 bits per heavy atom. The van der Waals surface area contributed by atoms with Gasteiger partial charge in [0.15, 0.2) is 0 Å². The maximum atomic E-state index is 13.1. The molecular weight excluding hydrogens is 308 g/mol. The SMILES string of the molecule is O=C(c1ccsc1)N1CC[C@]2(CCCN(CC3CCC3)C2=O)C1. The standard InChI is InChI=1S/C18H24N2O2S/c21-16(15-5-10-23-12-15)20-9-7-18(13-20)6-2-8-19(17(18)22)11-14-3-1-4-14/h5,10,12,14H,1-4,6-9,11,13H2/t18-/m1/s1. The Morgan fingerprint density at radius 2 is 2.13 bits per heavy atom. The molecule has 124 valence electrons. The Balaban J connectivity index is 1.45. The summed E-state index contributed by atoms with van der Waals surface area (Å²) in [5.41, 5.74) is 0.467. The van der Waals surface area contributed by atoms with Crippen molar-refractivity contribution in [3.63, 3.8) is 0 Å². The van der Waals surface area contributed by atoms with Gasteiger partial charge in [0.05, 0.1) is 11.0 Å². The fourth-order valence-corrected chi connectivity index (χ4v) is 4.94. The summed E-state index contributed by atoms with van der Waals surface area (Å²) in [6, 6.07) is 1.88. The highest BCUT2D eigenvalue weighted by Gasteiger charge is 2.49. The van der Waals surface area contributed by atoms with Crippen molar-refractivity contribution in [3.8, 4) is 0 Å². The zero-order chi connectivity index (χ0) is 15.9. The lowest BCUT2D eigenvalue weighted by Crippen LogP contribution is -2.52. The second-order valence-corrected chi connectivity index (χ2v) is 8.20. The maximum absolute atomic E-state index is 13.1. The molecule has 0 aromatic carbocycles. The molecule has 2 saturated heterocycles. The highest BCUT2D eigenvalue weighted by atomic mass is 32.1. The van der Waals surface area contributed by atoms with E-state index in [1.807, 2.05) is 21.7 Å². The molecule has 0 N–H and O–H groups in total. The summed E-state index contributed by atoms with van der Waals surface area (Å²) in [4.78, 5) is 29.6. The molecule has 0 radical (unpaired) electrons. The summed E-state index contributed by atoms with van der Waals surface area (Å²) < 4.78 is 0. The first-order chi connectivity index (χ1) is 11.2. The molecule has 23 heavy (non-hydrogen) atoms. The van der Waals surface area contributed by atoms with Gasteiger partial charge >= 0.3 is 0 Å². The zero-order valence-electron chi connectivity index (χ0n) is 13.5. The quantitative estimate of drug-likeness (QED) is 0.854. The number of nitrogens with zero attached hydrogens (tertiary/aromatic N) is 2. The van der Waals surface area contributed by atoms with Crippen molar-refractivity contribution in [2.45, 2.75) is 38.5 Å². The molecule has 1 aromatic heterocycles. The molecule has 4 rings (SSSR count). The molecule has 3 aliphatic rings. The molecule has 4 nitrogen and oxygen atoms in total. The predicted octanol–water partition coefficient (Wildman–Crippen LogP) is 3.00. The van der Waals surface area contributed by atoms with Gasteiger partial charge in [0.25, 0.3) is 5.91 Å². The second-order valence-electron chi connectivity index (χ2n) is 7.42. The summed E-state index contributed by atoms with van der Waals surface area (Å²) >= 11 is 1.55. The molecule has 1 spiro atoms. The Hall–Kier alpha value is -1.36. The molecule has 2 aliphatic heterocycles. The van der Waals surface area contributed by atoms with E-state index in [9.17, 15) is 9.59 Å². The molecular formula is C18H24N2O2S. The monoisotopic (exact) mass is 332 g/mol. The van der Waals surface area contributed by atoms with Crippen molar-refractivity contribution in [1.29, 1.82) is 0 Å². The van der Waals surface area contributed by atoms with Gasteiger partial charge in [-0.3, -0.25) is 9.59 Å². The van der Waals surface area contributed by atoms with Gasteiger partial charge < -0.3 is 9.80 Å². The van der Waals surface area contributed by atoms with Crippen LogP contribution in [-0.4, -0.2) is 47.8 Å². The van der Waals surface area contributed by atoms with Crippen molar-refractivity contribution in [2.75, 3.05) is 26.2 Å². The lowest BCUT2D eigenvalue weighted by molar-refractivity contribution is -0.146. The summed E-state index contributed by atoms with van der Waals surface area (Å²) in [6.45, 7) is 3.19. The minimum atomic E-state index is -0.298. The molecule has 0 bridgehead atoms. The normalized spacial score (nSPS) is 28.4. The van der Waals surface area contributed by atoms with Gasteiger partial charge in [-0.1, -0.05) is 6.42 Å². The maximum Gasteiger partial charge on any atom is 0.254 e. The van der Waals surface area contributed by atoms with Gasteiger partial charge in [-0.05, 0) is 49.5 Å². The van der Waals surface area contributed by atoms with Crippen LogP contribution >= 0.6 is 11.3 Å². The number of carbonyl (C=O) groups is 2. The van der Waals surface area contributed by atoms with Crippen molar-refractivity contribution in [1.82, 2.24) is 9.80 Å². The highest BCUT2D eigenvalue weighted by molar-refractivity contribution is 7.08. The fraction of sp³-hybridized carbons (Fsp3) is 0.667. The summed E-state index contributed by atoms with van der Waals surface area (Å²) in [5.74, 6) is 1.13. The van der Waals surface area contributed by atoms with E-state index in [1.54, 1.807) is 11.3 Å². The Bertz CT molecular complexity index is 596. The van der Waals surface area contributed by atoms with Crippen LogP contribution in [0.3, 0.4) is 0 Å². The van der Waals surface area contributed by atoms with E-state index in [4.69, 9.17) is 0 Å². The first-order valence-corrected chi connectivity index (χ1v) is 9.73. The average Bonchev–Trinajstić information content (AvgIpc) is 3.17. The van der Waals surface area contributed by atoms with Gasteiger partial charge in [0.2, 0.25) is 5.91 Å². The van der Waals surface area contributed by atoms with Crippen molar-refractivity contribution in [3.05, 3.63) is 22.4 Å². The van der Waals surface area contributed by atoms with Crippen molar-refractivity contribution < 1.29 is 9.59 Å². The van der Waals surface area contributed by atoms with Gasteiger partial charge in [-0.15, -0.1) is 0 Å². The first-order valence-electron chi connectivity index (χ1n) is 8.79. The number of hydrogen-bond acceptors (Lipinski definition) is 3. The van der Waals surface area contributed by atoms with E-state index < -0.39 is 0 Å². The van der Waals surface area contributed by atoms with E-state index in [0.29, 0.717) is 12.5 Å². The van der Waals surface area contributed by atoms with E-state index in [2.05, 4.69) is 4.90 Å². The largest absolute Gasteiger partial charge is 0.342 e. The summed E-state index contributed by atoms with van der Waals surface area (Å²) in [5, 5.41) is 3.84. The lowest BCUT2D eigenvalue weighted by Gasteiger charge is -2.42. The number of thiophene rings is 1. The minimum absolute atomic E-state index is 0.0899. The Morgan fingerprint density at radius 1 is 1.26 bits per heavy atom. The minimum Gasteiger partial charge on any atom is -0.342 e. The molecule has 1 aliphatic carbocycles. The van der Waals surface area contributed by atoms with Gasteiger partial charge in [0, 0.05) is 31.6 Å². The van der Waals surface area contributed by atoms with Gasteiger partial charge in [0.1, 0.15) is 0 Å². The van der Waals surface area contributed by atoms with Crippen LogP contribution in [0.2, 0.25) is 0 Å². The van der Waals surface area contributed by atoms with Crippen LogP contribution in [-0.2, 0) is 4.79 Å². The van der Waals surface area contributed by atoms with Crippen LogP contribution in [0.4, 0.5) is 0 Å². The van der Waals surface area contributed by atoms with Crippen LogP contribution in [0.1, 0.15) is 48.9 Å². The lowest BCUT2D eigenvalue weighted by atomic mass is 9.77. The summed E-state index contributed by atoms with van der Waals surface area (Å²) in [7, 11) is 0. The zero-order valence-corrected chi connectivity index (χ0v) is 14.3. The molecule has 3 heterocycles. The third kappa shape index (κ3) is 2.69. The van der Waals surface area contributed by atoms with Gasteiger partial charge in [-0.2, -0.15) is 11.3 Å². The molecule has 3 fully saturated rings. The average molecular weight is 332 g/mol. The van der Waals surface area contributed by atoms with Crippen LogP contribution in [0, 0.1) is 11.3 Å². The predicted molar refractivity (Wildman–Crippen MR) is 90.4 cm³/mol. The summed E-state index contributed by atoms with van der Waals surface area (Å²) in [6.07, 6.45) is 6.74. The molecule has 2 amide bonds. The number of rotatable bonds is 3. The van der Waals surface area contributed by atoms with Crippen molar-refractivity contribution in [2.24, 2.45) is 11.3 Å². The number of amides is 2. The van der Waals surface area contributed by atoms with Gasteiger partial charge in [-0.25, -0.2) is 0 Å². The third-order valence-electron chi connectivity index (χ3n) is 5.94. The molecule has 1 atom stereocenters. The number of likely N-dealkylation sites (tertiary alicyclic amines) is 2. The van der Waals surface area contributed by atoms with Crippen LogP contribution in [0.25, 0.3) is 0 Å². The molecule has 1 aromatic rings. The molecule has 5 heteroatoms. The number of carbonyl (C=O) groups excluding carboxylic acids is 2. The third-order valence-corrected chi connectivity index (χ3v) is 6.62. The highest BCUT2D eigenvalue weighted by Crippen LogP contribution is 2.41. The van der Waals surface area contributed by atoms with E-state index >= 15 is 0 Å². The van der Waals surface area contributed by atoms with E-state index in [0.717, 1.165) is 50.4 Å². The van der Waals surface area contributed by atoms with E-state index in [1.165, 1.54) is 19.3 Å². The molecule has 0 unspecified atom stereocenters. The molecule has 1 saturated carbocycles. The van der Waals surface area contributed by atoms with E-state index in [-0.39, 0.29) is 11.3 Å². The van der Waals surface area contributed by atoms with Crippen LogP contribution in [0.5, 0.6) is 0 Å². The van der Waals surface area contributed by atoms with Crippen LogP contribution < -0.4 is 0 Å². The Labute approximate surface area is 141 Å². The fourth-order valence-electron chi connectivity index (χ4n) is 4.31. The number of hydrogen-bond donors (Lipinski definition) is 0. The van der Waals surface area contributed by atoms with Crippen LogP contribution in [0.15, 0.2) is 16.8 Å². The topological polar surface area (TPSA) is 40.6 Å². The number of piperidine rings is 1. The first kappa shape index (κ1) is 15.2. The second kappa shape index (κ2) is 5.93.